The number of halogens is 1. The van der Waals surface area contributed by atoms with E-state index in [9.17, 15) is 0 Å². The standard InChI is InChI=1S/C8H12ClN3/c9-8-11-10-6-12(8)5-4-7-2-1-3-7/h6-7H,1-5H2. The summed E-state index contributed by atoms with van der Waals surface area (Å²) < 4.78 is 1.90. The van der Waals surface area contributed by atoms with Gasteiger partial charge in [0.05, 0.1) is 0 Å². The molecule has 3 nitrogen and oxygen atoms in total. The molecule has 0 unspecified atom stereocenters. The van der Waals surface area contributed by atoms with E-state index >= 15 is 0 Å². The molecule has 1 aliphatic carbocycles. The van der Waals surface area contributed by atoms with Crippen LogP contribution in [-0.4, -0.2) is 14.8 Å². The molecular formula is C8H12ClN3. The molecule has 4 heteroatoms. The highest BCUT2D eigenvalue weighted by Gasteiger charge is 2.17. The monoisotopic (exact) mass is 185 g/mol. The van der Waals surface area contributed by atoms with Crippen LogP contribution in [0.2, 0.25) is 5.28 Å². The van der Waals surface area contributed by atoms with E-state index in [4.69, 9.17) is 11.6 Å². The van der Waals surface area contributed by atoms with Crippen molar-refractivity contribution in [2.24, 2.45) is 5.92 Å². The average Bonchev–Trinajstić information content (AvgIpc) is 2.33. The van der Waals surface area contributed by atoms with E-state index in [0.717, 1.165) is 12.5 Å². The summed E-state index contributed by atoms with van der Waals surface area (Å²) in [5.74, 6) is 0.920. The first-order chi connectivity index (χ1) is 5.86. The van der Waals surface area contributed by atoms with E-state index in [1.54, 1.807) is 6.33 Å². The minimum Gasteiger partial charge on any atom is -0.304 e. The lowest BCUT2D eigenvalue weighted by Crippen LogP contribution is -2.13. The van der Waals surface area contributed by atoms with Crippen LogP contribution < -0.4 is 0 Å². The van der Waals surface area contributed by atoms with Crippen LogP contribution in [0.1, 0.15) is 25.7 Å². The quantitative estimate of drug-likeness (QED) is 0.723. The third-order valence-corrected chi connectivity index (χ3v) is 2.86. The fourth-order valence-electron chi connectivity index (χ4n) is 1.49. The molecule has 1 fully saturated rings. The molecule has 0 spiro atoms. The highest BCUT2D eigenvalue weighted by atomic mass is 35.5. The van der Waals surface area contributed by atoms with Crippen LogP contribution in [0, 0.1) is 5.92 Å². The zero-order valence-electron chi connectivity index (χ0n) is 6.91. The van der Waals surface area contributed by atoms with E-state index in [1.165, 1.54) is 25.7 Å². The zero-order valence-corrected chi connectivity index (χ0v) is 7.67. The first-order valence-electron chi connectivity index (χ1n) is 4.39. The Bertz CT molecular complexity index is 255. The molecule has 0 radical (unpaired) electrons. The van der Waals surface area contributed by atoms with Crippen molar-refractivity contribution < 1.29 is 0 Å². The molecule has 0 amide bonds. The highest BCUT2D eigenvalue weighted by molar-refractivity contribution is 6.28. The van der Waals surface area contributed by atoms with Gasteiger partial charge in [-0.05, 0) is 23.9 Å². The second kappa shape index (κ2) is 3.44. The lowest BCUT2D eigenvalue weighted by Gasteiger charge is -2.25. The van der Waals surface area contributed by atoms with Crippen LogP contribution in [0.15, 0.2) is 6.33 Å². The van der Waals surface area contributed by atoms with Crippen molar-refractivity contribution in [2.75, 3.05) is 0 Å². The van der Waals surface area contributed by atoms with Gasteiger partial charge in [0.2, 0.25) is 5.28 Å². The number of rotatable bonds is 3. The first kappa shape index (κ1) is 8.05. The van der Waals surface area contributed by atoms with Crippen LogP contribution in [0.25, 0.3) is 0 Å². The van der Waals surface area contributed by atoms with Gasteiger partial charge in [0, 0.05) is 6.54 Å². The SMILES string of the molecule is Clc1nncn1CCC1CCC1. The normalized spacial score (nSPS) is 17.8. The van der Waals surface area contributed by atoms with Gasteiger partial charge in [-0.15, -0.1) is 10.2 Å². The third kappa shape index (κ3) is 1.61. The topological polar surface area (TPSA) is 30.7 Å². The number of hydrogen-bond acceptors (Lipinski definition) is 2. The van der Waals surface area contributed by atoms with Crippen molar-refractivity contribution in [1.29, 1.82) is 0 Å². The minimum absolute atomic E-state index is 0.509. The van der Waals surface area contributed by atoms with Gasteiger partial charge in [0.25, 0.3) is 0 Å². The summed E-state index contributed by atoms with van der Waals surface area (Å²) in [5, 5.41) is 7.95. The Morgan fingerprint density at radius 2 is 2.42 bits per heavy atom. The Balaban J connectivity index is 1.82. The van der Waals surface area contributed by atoms with E-state index in [0.29, 0.717) is 5.28 Å². The second-order valence-electron chi connectivity index (χ2n) is 3.38. The van der Waals surface area contributed by atoms with Crippen molar-refractivity contribution >= 4 is 11.6 Å². The molecule has 0 atom stereocenters. The highest BCUT2D eigenvalue weighted by Crippen LogP contribution is 2.29. The van der Waals surface area contributed by atoms with Crippen LogP contribution in [0.5, 0.6) is 0 Å². The summed E-state index contributed by atoms with van der Waals surface area (Å²) >= 11 is 5.77. The van der Waals surface area contributed by atoms with E-state index in [1.807, 2.05) is 4.57 Å². The fraction of sp³-hybridized carbons (Fsp3) is 0.750. The molecule has 0 saturated heterocycles. The molecule has 1 aromatic heterocycles. The predicted molar refractivity (Wildman–Crippen MR) is 47.0 cm³/mol. The Kier molecular flexibility index (Phi) is 2.30. The van der Waals surface area contributed by atoms with Crippen molar-refractivity contribution in [2.45, 2.75) is 32.2 Å². The van der Waals surface area contributed by atoms with Crippen LogP contribution in [-0.2, 0) is 6.54 Å². The summed E-state index contributed by atoms with van der Waals surface area (Å²) in [4.78, 5) is 0. The summed E-state index contributed by atoms with van der Waals surface area (Å²) in [6.45, 7) is 0.969. The van der Waals surface area contributed by atoms with Crippen molar-refractivity contribution in [1.82, 2.24) is 14.8 Å². The van der Waals surface area contributed by atoms with Crippen molar-refractivity contribution in [3.05, 3.63) is 11.6 Å². The molecular weight excluding hydrogens is 174 g/mol. The Morgan fingerprint density at radius 3 is 2.92 bits per heavy atom. The maximum absolute atomic E-state index is 5.77. The second-order valence-corrected chi connectivity index (χ2v) is 3.72. The van der Waals surface area contributed by atoms with E-state index < -0.39 is 0 Å². The zero-order chi connectivity index (χ0) is 8.39. The van der Waals surface area contributed by atoms with Gasteiger partial charge in [-0.2, -0.15) is 0 Å². The Morgan fingerprint density at radius 1 is 1.58 bits per heavy atom. The maximum atomic E-state index is 5.77. The van der Waals surface area contributed by atoms with Gasteiger partial charge < -0.3 is 4.57 Å². The molecule has 2 rings (SSSR count). The molecule has 1 heterocycles. The molecule has 66 valence electrons. The van der Waals surface area contributed by atoms with Crippen molar-refractivity contribution in [3.63, 3.8) is 0 Å². The molecule has 1 aromatic rings. The molecule has 12 heavy (non-hydrogen) atoms. The number of aryl methyl sites for hydroxylation is 1. The first-order valence-corrected chi connectivity index (χ1v) is 4.77. The minimum atomic E-state index is 0.509. The molecule has 1 saturated carbocycles. The smallest absolute Gasteiger partial charge is 0.224 e. The largest absolute Gasteiger partial charge is 0.304 e. The van der Waals surface area contributed by atoms with Crippen LogP contribution in [0.3, 0.4) is 0 Å². The third-order valence-electron chi connectivity index (χ3n) is 2.57. The van der Waals surface area contributed by atoms with Gasteiger partial charge in [-0.3, -0.25) is 0 Å². The summed E-state index contributed by atoms with van der Waals surface area (Å²) in [7, 11) is 0. The summed E-state index contributed by atoms with van der Waals surface area (Å²) in [6, 6.07) is 0. The molecule has 0 bridgehead atoms. The van der Waals surface area contributed by atoms with E-state index in [2.05, 4.69) is 10.2 Å². The van der Waals surface area contributed by atoms with Gasteiger partial charge in [-0.1, -0.05) is 19.3 Å². The van der Waals surface area contributed by atoms with Gasteiger partial charge in [0.1, 0.15) is 6.33 Å². The average molecular weight is 186 g/mol. The lowest BCUT2D eigenvalue weighted by molar-refractivity contribution is 0.282. The summed E-state index contributed by atoms with van der Waals surface area (Å²) in [5.41, 5.74) is 0. The van der Waals surface area contributed by atoms with Crippen LogP contribution in [0.4, 0.5) is 0 Å². The molecule has 0 aliphatic heterocycles. The lowest BCUT2D eigenvalue weighted by atomic mass is 9.83. The summed E-state index contributed by atoms with van der Waals surface area (Å²) in [6.07, 6.45) is 7.10. The number of aromatic nitrogens is 3. The van der Waals surface area contributed by atoms with Gasteiger partial charge in [0.15, 0.2) is 0 Å². The maximum Gasteiger partial charge on any atom is 0.224 e. The fourth-order valence-corrected chi connectivity index (χ4v) is 1.67. The molecule has 0 N–H and O–H groups in total. The van der Waals surface area contributed by atoms with Crippen LogP contribution >= 0.6 is 11.6 Å². The van der Waals surface area contributed by atoms with Crippen molar-refractivity contribution in [3.8, 4) is 0 Å². The predicted octanol–water partition coefficient (Wildman–Crippen LogP) is 2.12. The Labute approximate surface area is 76.7 Å². The van der Waals surface area contributed by atoms with Gasteiger partial charge in [-0.25, -0.2) is 0 Å². The molecule has 1 aliphatic rings. The molecule has 0 aromatic carbocycles. The number of hydrogen-bond donors (Lipinski definition) is 0. The Hall–Kier alpha value is -0.570. The number of nitrogens with zero attached hydrogens (tertiary/aromatic N) is 3. The van der Waals surface area contributed by atoms with E-state index in [-0.39, 0.29) is 0 Å². The van der Waals surface area contributed by atoms with Gasteiger partial charge >= 0.3 is 0 Å².